The van der Waals surface area contributed by atoms with Crippen LogP contribution in [0.3, 0.4) is 0 Å². The summed E-state index contributed by atoms with van der Waals surface area (Å²) in [6, 6.07) is 0. The average molecular weight is 96.2 g/mol. The van der Waals surface area contributed by atoms with Crippen molar-refractivity contribution in [1.29, 1.82) is 0 Å². The second-order valence-corrected chi connectivity index (χ2v) is 1.76. The molecule has 0 nitrogen and oxygen atoms in total. The van der Waals surface area contributed by atoms with Crippen LogP contribution < -0.4 is 0 Å². The van der Waals surface area contributed by atoms with Crippen LogP contribution in [0.4, 0.5) is 0 Å². The monoisotopic (exact) mass is 96.1 g/mol. The van der Waals surface area contributed by atoms with E-state index in [9.17, 15) is 0 Å². The van der Waals surface area contributed by atoms with Crippen LogP contribution in [0, 0.1) is 5.92 Å². The summed E-state index contributed by atoms with van der Waals surface area (Å²) in [4.78, 5) is 0. The van der Waals surface area contributed by atoms with Gasteiger partial charge in [0.1, 0.15) is 0 Å². The van der Waals surface area contributed by atoms with Crippen molar-refractivity contribution in [2.45, 2.75) is 20.3 Å². The Balaban J connectivity index is 3.35. The largest absolute Gasteiger partial charge is 0.133 e. The van der Waals surface area contributed by atoms with Crippen molar-refractivity contribution in [3.63, 3.8) is 0 Å². The molecule has 0 saturated heterocycles. The standard InChI is InChI=1S/C7H12/c1-4-6-7(3)5-2/h6-7H,1,5H2,2-3H3/t7-/m0/s1. The maximum atomic E-state index is 3.47. The van der Waals surface area contributed by atoms with Crippen molar-refractivity contribution < 1.29 is 0 Å². The van der Waals surface area contributed by atoms with Gasteiger partial charge < -0.3 is 0 Å². The fourth-order valence-electron chi connectivity index (χ4n) is 0.319. The zero-order valence-corrected chi connectivity index (χ0v) is 5.07. The summed E-state index contributed by atoms with van der Waals surface area (Å²) in [5, 5.41) is 0. The molecule has 0 aromatic heterocycles. The molecule has 0 aliphatic carbocycles. The van der Waals surface area contributed by atoms with Gasteiger partial charge in [0.2, 0.25) is 0 Å². The smallest absolute Gasteiger partial charge is 0.0189 e. The Hall–Kier alpha value is -0.480. The summed E-state index contributed by atoms with van der Waals surface area (Å²) < 4.78 is 0. The molecule has 0 amide bonds. The molecule has 0 aromatic rings. The first-order valence-corrected chi connectivity index (χ1v) is 2.67. The number of rotatable bonds is 2. The molecule has 1 atom stereocenters. The first kappa shape index (κ1) is 6.52. The maximum absolute atomic E-state index is 3.47. The molecule has 0 heteroatoms. The first-order chi connectivity index (χ1) is 3.31. The maximum Gasteiger partial charge on any atom is -0.0189 e. The van der Waals surface area contributed by atoms with Crippen LogP contribution in [0.1, 0.15) is 20.3 Å². The zero-order chi connectivity index (χ0) is 5.70. The van der Waals surface area contributed by atoms with Gasteiger partial charge in [-0.1, -0.05) is 20.4 Å². The summed E-state index contributed by atoms with van der Waals surface area (Å²) in [7, 11) is 0. The summed E-state index contributed by atoms with van der Waals surface area (Å²) >= 11 is 0. The Morgan fingerprint density at radius 1 is 1.86 bits per heavy atom. The molecule has 0 fully saturated rings. The van der Waals surface area contributed by atoms with E-state index in [1.807, 2.05) is 6.08 Å². The Kier molecular flexibility index (Phi) is 3.45. The van der Waals surface area contributed by atoms with Gasteiger partial charge in [-0.05, 0) is 18.4 Å². The SMILES string of the molecule is C=C=C[C@@H](C)CC. The molecule has 0 unspecified atom stereocenters. The lowest BCUT2D eigenvalue weighted by atomic mass is 10.1. The quantitative estimate of drug-likeness (QED) is 0.463. The van der Waals surface area contributed by atoms with E-state index in [0.717, 1.165) is 0 Å². The van der Waals surface area contributed by atoms with Crippen molar-refractivity contribution in [1.82, 2.24) is 0 Å². The van der Waals surface area contributed by atoms with E-state index in [1.165, 1.54) is 6.42 Å². The molecule has 0 aliphatic heterocycles. The molecule has 0 bridgehead atoms. The predicted octanol–water partition coefficient (Wildman–Crippen LogP) is 2.37. The fraction of sp³-hybridized carbons (Fsp3) is 0.571. The van der Waals surface area contributed by atoms with Crippen molar-refractivity contribution in [3.8, 4) is 0 Å². The topological polar surface area (TPSA) is 0 Å². The summed E-state index contributed by atoms with van der Waals surface area (Å²) in [6.07, 6.45) is 3.17. The van der Waals surface area contributed by atoms with Crippen LogP contribution in [0.2, 0.25) is 0 Å². The summed E-state index contributed by atoms with van der Waals surface area (Å²) in [5.41, 5.74) is 2.74. The molecule has 0 saturated carbocycles. The zero-order valence-electron chi connectivity index (χ0n) is 5.07. The molecular formula is C7H12. The molecule has 0 rings (SSSR count). The van der Waals surface area contributed by atoms with Crippen molar-refractivity contribution in [2.75, 3.05) is 0 Å². The van der Waals surface area contributed by atoms with Gasteiger partial charge >= 0.3 is 0 Å². The van der Waals surface area contributed by atoms with Gasteiger partial charge in [0.25, 0.3) is 0 Å². The lowest BCUT2D eigenvalue weighted by Crippen LogP contribution is -1.81. The lowest BCUT2D eigenvalue weighted by molar-refractivity contribution is 0.699. The Morgan fingerprint density at radius 3 is 2.57 bits per heavy atom. The molecule has 0 radical (unpaired) electrons. The van der Waals surface area contributed by atoms with Crippen molar-refractivity contribution in [2.24, 2.45) is 5.92 Å². The number of hydrogen-bond donors (Lipinski definition) is 0. The molecule has 0 heterocycles. The van der Waals surface area contributed by atoms with Gasteiger partial charge in [-0.2, -0.15) is 0 Å². The number of hydrogen-bond acceptors (Lipinski definition) is 0. The van der Waals surface area contributed by atoms with Gasteiger partial charge in [0, 0.05) is 0 Å². The van der Waals surface area contributed by atoms with E-state index < -0.39 is 0 Å². The molecular weight excluding hydrogens is 84.1 g/mol. The van der Waals surface area contributed by atoms with Gasteiger partial charge in [-0.3, -0.25) is 0 Å². The second kappa shape index (κ2) is 3.70. The third-order valence-electron chi connectivity index (χ3n) is 1.05. The Bertz CT molecular complexity index is 76.0. The molecule has 7 heavy (non-hydrogen) atoms. The third-order valence-corrected chi connectivity index (χ3v) is 1.05. The number of allylic oxidation sites excluding steroid dienone is 1. The van der Waals surface area contributed by atoms with Crippen LogP contribution in [-0.2, 0) is 0 Å². The molecule has 0 N–H and O–H groups in total. The van der Waals surface area contributed by atoms with Crippen molar-refractivity contribution in [3.05, 3.63) is 18.4 Å². The van der Waals surface area contributed by atoms with Gasteiger partial charge in [0.05, 0.1) is 0 Å². The third kappa shape index (κ3) is 3.35. The highest BCUT2D eigenvalue weighted by Gasteiger charge is 1.86. The van der Waals surface area contributed by atoms with Crippen LogP contribution in [-0.4, -0.2) is 0 Å². The first-order valence-electron chi connectivity index (χ1n) is 2.67. The molecule has 0 aromatic carbocycles. The van der Waals surface area contributed by atoms with E-state index in [-0.39, 0.29) is 0 Å². The van der Waals surface area contributed by atoms with Crippen LogP contribution in [0.5, 0.6) is 0 Å². The molecule has 0 spiro atoms. The van der Waals surface area contributed by atoms with Crippen LogP contribution in [0.25, 0.3) is 0 Å². The van der Waals surface area contributed by atoms with Gasteiger partial charge in [-0.25, -0.2) is 0 Å². The summed E-state index contributed by atoms with van der Waals surface area (Å²) in [5.74, 6) is 0.650. The van der Waals surface area contributed by atoms with E-state index in [2.05, 4.69) is 26.2 Å². The van der Waals surface area contributed by atoms with E-state index in [1.54, 1.807) is 0 Å². The van der Waals surface area contributed by atoms with Gasteiger partial charge in [0.15, 0.2) is 0 Å². The van der Waals surface area contributed by atoms with Crippen LogP contribution >= 0.6 is 0 Å². The highest BCUT2D eigenvalue weighted by atomic mass is 13.9. The van der Waals surface area contributed by atoms with Gasteiger partial charge in [-0.15, -0.1) is 5.73 Å². The minimum absolute atomic E-state index is 0.650. The molecule has 0 aliphatic rings. The molecule has 40 valence electrons. The van der Waals surface area contributed by atoms with E-state index in [0.29, 0.717) is 5.92 Å². The van der Waals surface area contributed by atoms with E-state index >= 15 is 0 Å². The summed E-state index contributed by atoms with van der Waals surface area (Å²) in [6.45, 7) is 7.77. The Labute approximate surface area is 45.5 Å². The fourth-order valence-corrected chi connectivity index (χ4v) is 0.319. The second-order valence-electron chi connectivity index (χ2n) is 1.76. The highest BCUT2D eigenvalue weighted by Crippen LogP contribution is 1.98. The predicted molar refractivity (Wildman–Crippen MR) is 33.2 cm³/mol. The normalized spacial score (nSPS) is 12.3. The lowest BCUT2D eigenvalue weighted by Gasteiger charge is -1.93. The average Bonchev–Trinajstić information content (AvgIpc) is 1.68. The van der Waals surface area contributed by atoms with Crippen molar-refractivity contribution >= 4 is 0 Å². The minimum atomic E-state index is 0.650. The van der Waals surface area contributed by atoms with E-state index in [4.69, 9.17) is 0 Å². The minimum Gasteiger partial charge on any atom is -0.133 e. The van der Waals surface area contributed by atoms with Crippen LogP contribution in [0.15, 0.2) is 18.4 Å². The highest BCUT2D eigenvalue weighted by molar-refractivity contribution is 4.80. The Morgan fingerprint density at radius 2 is 2.43 bits per heavy atom.